The Kier molecular flexibility index (Phi) is 6.32. The fourth-order valence-electron chi connectivity index (χ4n) is 3.79. The largest absolute Gasteiger partial charge is 0.484 e. The van der Waals surface area contributed by atoms with Crippen LogP contribution in [0.1, 0.15) is 24.1 Å². The summed E-state index contributed by atoms with van der Waals surface area (Å²) in [6.07, 6.45) is 2.31. The van der Waals surface area contributed by atoms with Crippen molar-refractivity contribution in [1.29, 1.82) is 0 Å². The summed E-state index contributed by atoms with van der Waals surface area (Å²) in [7, 11) is 0. The number of benzene rings is 1. The van der Waals surface area contributed by atoms with Gasteiger partial charge in [-0.25, -0.2) is 0 Å². The van der Waals surface area contributed by atoms with Gasteiger partial charge in [0.2, 0.25) is 11.8 Å². The molecule has 8 heteroatoms. The first kappa shape index (κ1) is 20.4. The first-order valence-electron chi connectivity index (χ1n) is 10.2. The van der Waals surface area contributed by atoms with E-state index in [1.165, 1.54) is 0 Å². The Morgan fingerprint density at radius 2 is 1.90 bits per heavy atom. The van der Waals surface area contributed by atoms with E-state index in [9.17, 15) is 14.4 Å². The number of nitrogens with one attached hydrogen (secondary N) is 1. The third kappa shape index (κ3) is 4.81. The lowest BCUT2D eigenvalue weighted by molar-refractivity contribution is -0.132. The van der Waals surface area contributed by atoms with Crippen molar-refractivity contribution < 1.29 is 19.1 Å². The van der Waals surface area contributed by atoms with E-state index in [4.69, 9.17) is 4.74 Å². The molecular weight excluding hydrogens is 402 g/mol. The molecular formula is C22H25N3O4S. The Bertz CT molecular complexity index is 892. The molecule has 3 amide bonds. The van der Waals surface area contributed by atoms with E-state index in [2.05, 4.69) is 5.32 Å². The summed E-state index contributed by atoms with van der Waals surface area (Å²) in [6, 6.07) is 11.0. The molecule has 0 bridgehead atoms. The van der Waals surface area contributed by atoms with E-state index in [1.54, 1.807) is 40.5 Å². The molecule has 0 spiro atoms. The van der Waals surface area contributed by atoms with Crippen LogP contribution in [-0.4, -0.2) is 48.9 Å². The molecule has 4 rings (SSSR count). The summed E-state index contributed by atoms with van der Waals surface area (Å²) in [6.45, 7) is 2.49. The minimum atomic E-state index is -0.355. The van der Waals surface area contributed by atoms with Gasteiger partial charge in [-0.05, 0) is 48.6 Å². The van der Waals surface area contributed by atoms with E-state index in [0.29, 0.717) is 18.8 Å². The van der Waals surface area contributed by atoms with Crippen LogP contribution >= 0.6 is 11.3 Å². The Balaban J connectivity index is 1.28. The lowest BCUT2D eigenvalue weighted by atomic mass is 10.1. The quantitative estimate of drug-likeness (QED) is 0.736. The highest BCUT2D eigenvalue weighted by Gasteiger charge is 2.35. The molecule has 0 aliphatic carbocycles. The molecule has 7 nitrogen and oxygen atoms in total. The van der Waals surface area contributed by atoms with Gasteiger partial charge in [0.15, 0.2) is 6.61 Å². The monoisotopic (exact) mass is 427 g/mol. The van der Waals surface area contributed by atoms with E-state index in [-0.39, 0.29) is 36.7 Å². The predicted molar refractivity (Wildman–Crippen MR) is 114 cm³/mol. The predicted octanol–water partition coefficient (Wildman–Crippen LogP) is 2.42. The number of likely N-dealkylation sites (tertiary alicyclic amines) is 1. The van der Waals surface area contributed by atoms with Crippen LogP contribution in [0.5, 0.6) is 5.75 Å². The Labute approximate surface area is 179 Å². The van der Waals surface area contributed by atoms with Crippen molar-refractivity contribution in [2.24, 2.45) is 5.92 Å². The lowest BCUT2D eigenvalue weighted by Crippen LogP contribution is -2.32. The number of anilines is 1. The highest BCUT2D eigenvalue weighted by atomic mass is 32.1. The zero-order valence-electron chi connectivity index (χ0n) is 16.7. The second-order valence-corrected chi connectivity index (χ2v) is 8.61. The van der Waals surface area contributed by atoms with Crippen LogP contribution in [0.4, 0.5) is 5.69 Å². The van der Waals surface area contributed by atoms with Crippen molar-refractivity contribution in [1.82, 2.24) is 10.2 Å². The number of rotatable bonds is 7. The molecule has 0 saturated carbocycles. The number of hydrogen-bond acceptors (Lipinski definition) is 5. The second-order valence-electron chi connectivity index (χ2n) is 7.57. The van der Waals surface area contributed by atoms with Gasteiger partial charge in [0.05, 0.1) is 12.5 Å². The van der Waals surface area contributed by atoms with Gasteiger partial charge < -0.3 is 19.9 Å². The van der Waals surface area contributed by atoms with Crippen molar-refractivity contribution in [2.75, 3.05) is 31.1 Å². The molecule has 2 aromatic rings. The zero-order chi connectivity index (χ0) is 20.9. The summed E-state index contributed by atoms with van der Waals surface area (Å²) in [5.74, 6) is 0.0705. The van der Waals surface area contributed by atoms with Gasteiger partial charge in [-0.2, -0.15) is 0 Å². The van der Waals surface area contributed by atoms with Crippen molar-refractivity contribution in [3.63, 3.8) is 0 Å². The zero-order valence-corrected chi connectivity index (χ0v) is 17.5. The molecule has 1 atom stereocenters. The molecule has 0 radical (unpaired) electrons. The maximum Gasteiger partial charge on any atom is 0.260 e. The van der Waals surface area contributed by atoms with Gasteiger partial charge in [-0.15, -0.1) is 11.3 Å². The maximum absolute atomic E-state index is 12.4. The summed E-state index contributed by atoms with van der Waals surface area (Å²) in [4.78, 5) is 41.5. The summed E-state index contributed by atoms with van der Waals surface area (Å²) in [5.41, 5.74) is 0.728. The summed E-state index contributed by atoms with van der Waals surface area (Å²) < 4.78 is 5.59. The number of thiophene rings is 1. The van der Waals surface area contributed by atoms with E-state index < -0.39 is 0 Å². The third-order valence-corrected chi connectivity index (χ3v) is 6.36. The molecule has 0 unspecified atom stereocenters. The molecule has 1 aromatic carbocycles. The van der Waals surface area contributed by atoms with Crippen LogP contribution in [0.3, 0.4) is 0 Å². The van der Waals surface area contributed by atoms with Gasteiger partial charge in [0.25, 0.3) is 5.91 Å². The van der Waals surface area contributed by atoms with Crippen LogP contribution in [-0.2, 0) is 20.9 Å². The molecule has 3 heterocycles. The number of nitrogens with zero attached hydrogens (tertiary/aromatic N) is 2. The average molecular weight is 428 g/mol. The van der Waals surface area contributed by atoms with Crippen molar-refractivity contribution in [3.05, 3.63) is 46.7 Å². The summed E-state index contributed by atoms with van der Waals surface area (Å²) in [5, 5.41) is 4.89. The van der Waals surface area contributed by atoms with Gasteiger partial charge in [0, 0.05) is 36.6 Å². The van der Waals surface area contributed by atoms with Crippen LogP contribution in [0.15, 0.2) is 41.8 Å². The SMILES string of the molecule is O=C(NCc1cccs1)[C@H]1CC(=O)N(c2ccc(OCC(=O)N3CCCC3)cc2)C1. The molecule has 2 aliphatic heterocycles. The number of amides is 3. The summed E-state index contributed by atoms with van der Waals surface area (Å²) >= 11 is 1.59. The van der Waals surface area contributed by atoms with Gasteiger partial charge in [-0.3, -0.25) is 14.4 Å². The molecule has 2 fully saturated rings. The number of carbonyl (C=O) groups is 3. The first-order chi connectivity index (χ1) is 14.6. The maximum atomic E-state index is 12.4. The molecule has 1 aromatic heterocycles. The Hall–Kier alpha value is -2.87. The van der Waals surface area contributed by atoms with E-state index >= 15 is 0 Å². The molecule has 2 saturated heterocycles. The van der Waals surface area contributed by atoms with Crippen molar-refractivity contribution in [3.8, 4) is 5.75 Å². The second kappa shape index (κ2) is 9.30. The van der Waals surface area contributed by atoms with Crippen LogP contribution < -0.4 is 15.0 Å². The minimum Gasteiger partial charge on any atom is -0.484 e. The minimum absolute atomic E-state index is 0.00250. The van der Waals surface area contributed by atoms with E-state index in [0.717, 1.165) is 36.5 Å². The fourth-order valence-corrected chi connectivity index (χ4v) is 4.43. The van der Waals surface area contributed by atoms with Crippen molar-refractivity contribution in [2.45, 2.75) is 25.8 Å². The van der Waals surface area contributed by atoms with Crippen LogP contribution in [0.2, 0.25) is 0 Å². The molecule has 158 valence electrons. The van der Waals surface area contributed by atoms with Crippen molar-refractivity contribution >= 4 is 34.7 Å². The average Bonchev–Trinajstić information content (AvgIpc) is 3.52. The molecule has 30 heavy (non-hydrogen) atoms. The number of hydrogen-bond donors (Lipinski definition) is 1. The Morgan fingerprint density at radius 1 is 1.13 bits per heavy atom. The first-order valence-corrected chi connectivity index (χ1v) is 11.1. The number of ether oxygens (including phenoxy) is 1. The molecule has 2 aliphatic rings. The lowest BCUT2D eigenvalue weighted by Gasteiger charge is -2.18. The smallest absolute Gasteiger partial charge is 0.260 e. The highest BCUT2D eigenvalue weighted by Crippen LogP contribution is 2.27. The van der Waals surface area contributed by atoms with Gasteiger partial charge in [-0.1, -0.05) is 6.07 Å². The number of carbonyl (C=O) groups excluding carboxylic acids is 3. The highest BCUT2D eigenvalue weighted by molar-refractivity contribution is 7.09. The Morgan fingerprint density at radius 3 is 2.60 bits per heavy atom. The van der Waals surface area contributed by atoms with Gasteiger partial charge in [0.1, 0.15) is 5.75 Å². The van der Waals surface area contributed by atoms with Crippen LogP contribution in [0.25, 0.3) is 0 Å². The van der Waals surface area contributed by atoms with Gasteiger partial charge >= 0.3 is 0 Å². The standard InChI is InChI=1S/C22H25N3O4S/c26-20-12-16(22(28)23-13-19-4-3-11-30-19)14-25(20)17-5-7-18(8-6-17)29-15-21(27)24-9-1-2-10-24/h3-8,11,16H,1-2,9-10,12-15H2,(H,23,28)/t16-/m0/s1. The topological polar surface area (TPSA) is 79.0 Å². The fraction of sp³-hybridized carbons (Fsp3) is 0.409. The normalized spacial score (nSPS) is 18.7. The van der Waals surface area contributed by atoms with E-state index in [1.807, 2.05) is 22.4 Å². The van der Waals surface area contributed by atoms with Crippen LogP contribution in [0, 0.1) is 5.92 Å². The molecule has 1 N–H and O–H groups in total. The third-order valence-electron chi connectivity index (χ3n) is 5.48.